The maximum Gasteiger partial charge on any atom is 0.283 e. The molecule has 154 valence electrons. The maximum atomic E-state index is 13.0. The normalized spacial score (nSPS) is 11.3. The van der Waals surface area contributed by atoms with Gasteiger partial charge >= 0.3 is 0 Å². The van der Waals surface area contributed by atoms with Crippen molar-refractivity contribution >= 4 is 33.4 Å². The van der Waals surface area contributed by atoms with Crippen LogP contribution >= 0.6 is 15.9 Å². The zero-order valence-corrected chi connectivity index (χ0v) is 17.7. The van der Waals surface area contributed by atoms with Crippen LogP contribution in [0.5, 0.6) is 0 Å². The standard InChI is InChI=1S/C17H23BrF2N6O2/c1-5-25-7-11(14(23-25)17(28)21-6-9(2)3)22-12(27)8-26-10(4)13(18)15(24-26)16(19)20/h7,9,16H,5-6,8H2,1-4H3,(H,21,28)(H,22,27). The third-order valence-corrected chi connectivity index (χ3v) is 4.88. The second kappa shape index (κ2) is 9.26. The van der Waals surface area contributed by atoms with Gasteiger partial charge in [-0.3, -0.25) is 19.0 Å². The summed E-state index contributed by atoms with van der Waals surface area (Å²) in [4.78, 5) is 24.8. The van der Waals surface area contributed by atoms with Gasteiger partial charge in [0.25, 0.3) is 12.3 Å². The molecule has 2 amide bonds. The van der Waals surface area contributed by atoms with Crippen molar-refractivity contribution in [2.45, 2.75) is 47.2 Å². The molecular formula is C17H23BrF2N6O2. The Morgan fingerprint density at radius 2 is 1.96 bits per heavy atom. The summed E-state index contributed by atoms with van der Waals surface area (Å²) in [5.41, 5.74) is 0.344. The molecule has 0 aromatic carbocycles. The number of carbonyl (C=O) groups excluding carboxylic acids is 2. The Labute approximate surface area is 169 Å². The van der Waals surface area contributed by atoms with Crippen LogP contribution in [0.3, 0.4) is 0 Å². The Kier molecular flexibility index (Phi) is 7.28. The van der Waals surface area contributed by atoms with E-state index in [9.17, 15) is 18.4 Å². The van der Waals surface area contributed by atoms with Crippen molar-refractivity contribution in [3.05, 3.63) is 27.8 Å². The van der Waals surface area contributed by atoms with Gasteiger partial charge in [-0.05, 0) is 35.7 Å². The van der Waals surface area contributed by atoms with E-state index in [0.29, 0.717) is 18.8 Å². The lowest BCUT2D eigenvalue weighted by atomic mass is 10.2. The Balaban J connectivity index is 2.16. The average Bonchev–Trinajstić information content (AvgIpc) is 3.15. The van der Waals surface area contributed by atoms with Gasteiger partial charge in [0.1, 0.15) is 12.2 Å². The van der Waals surface area contributed by atoms with Crippen LogP contribution in [0.1, 0.15) is 49.1 Å². The largest absolute Gasteiger partial charge is 0.350 e. The molecule has 0 bridgehead atoms. The molecule has 2 heterocycles. The van der Waals surface area contributed by atoms with Gasteiger partial charge in [-0.2, -0.15) is 10.2 Å². The van der Waals surface area contributed by atoms with Gasteiger partial charge in [0.05, 0.1) is 15.9 Å². The minimum atomic E-state index is -2.75. The van der Waals surface area contributed by atoms with E-state index >= 15 is 0 Å². The summed E-state index contributed by atoms with van der Waals surface area (Å²) >= 11 is 3.07. The van der Waals surface area contributed by atoms with Gasteiger partial charge in [0, 0.05) is 19.3 Å². The number of anilines is 1. The molecule has 0 saturated heterocycles. The van der Waals surface area contributed by atoms with Gasteiger partial charge < -0.3 is 10.6 Å². The number of rotatable bonds is 8. The Hall–Kier alpha value is -2.30. The molecule has 0 spiro atoms. The second-order valence-electron chi connectivity index (χ2n) is 6.64. The topological polar surface area (TPSA) is 93.8 Å². The maximum absolute atomic E-state index is 13.0. The van der Waals surface area contributed by atoms with Gasteiger partial charge in [-0.15, -0.1) is 0 Å². The highest BCUT2D eigenvalue weighted by molar-refractivity contribution is 9.10. The van der Waals surface area contributed by atoms with E-state index < -0.39 is 23.9 Å². The van der Waals surface area contributed by atoms with Crippen molar-refractivity contribution in [2.24, 2.45) is 5.92 Å². The molecule has 2 aromatic heterocycles. The van der Waals surface area contributed by atoms with Crippen LogP contribution in [0.25, 0.3) is 0 Å². The van der Waals surface area contributed by atoms with Crippen LogP contribution in [0.4, 0.5) is 14.5 Å². The highest BCUT2D eigenvalue weighted by Crippen LogP contribution is 2.29. The summed E-state index contributed by atoms with van der Waals surface area (Å²) in [5.74, 6) is -0.637. The Morgan fingerprint density at radius 3 is 2.50 bits per heavy atom. The molecular weight excluding hydrogens is 438 g/mol. The number of nitrogens with one attached hydrogen (secondary N) is 2. The lowest BCUT2D eigenvalue weighted by molar-refractivity contribution is -0.117. The Bertz CT molecular complexity index is 862. The van der Waals surface area contributed by atoms with E-state index in [4.69, 9.17) is 0 Å². The van der Waals surface area contributed by atoms with E-state index in [1.165, 1.54) is 9.36 Å². The number of aryl methyl sites for hydroxylation is 1. The Morgan fingerprint density at radius 1 is 1.29 bits per heavy atom. The van der Waals surface area contributed by atoms with Crippen LogP contribution in [0.2, 0.25) is 0 Å². The smallest absolute Gasteiger partial charge is 0.283 e. The molecule has 0 fully saturated rings. The number of hydrogen-bond acceptors (Lipinski definition) is 4. The summed E-state index contributed by atoms with van der Waals surface area (Å²) in [5, 5.41) is 13.3. The van der Waals surface area contributed by atoms with E-state index in [2.05, 4.69) is 36.8 Å². The molecule has 0 radical (unpaired) electrons. The molecule has 28 heavy (non-hydrogen) atoms. The fraction of sp³-hybridized carbons (Fsp3) is 0.529. The van der Waals surface area contributed by atoms with E-state index in [1.54, 1.807) is 13.1 Å². The third-order valence-electron chi connectivity index (χ3n) is 3.90. The first-order valence-electron chi connectivity index (χ1n) is 8.80. The van der Waals surface area contributed by atoms with Crippen molar-refractivity contribution in [1.29, 1.82) is 0 Å². The summed E-state index contributed by atoms with van der Waals surface area (Å²) in [7, 11) is 0. The lowest BCUT2D eigenvalue weighted by Gasteiger charge is -2.09. The SMILES string of the molecule is CCn1cc(NC(=O)Cn2nc(C(F)F)c(Br)c2C)c(C(=O)NCC(C)C)n1. The average molecular weight is 461 g/mol. The van der Waals surface area contributed by atoms with Crippen LogP contribution in [-0.2, 0) is 17.9 Å². The van der Waals surface area contributed by atoms with E-state index in [0.717, 1.165) is 0 Å². The summed E-state index contributed by atoms with van der Waals surface area (Å²) in [6, 6.07) is 0. The minimum Gasteiger partial charge on any atom is -0.350 e. The van der Waals surface area contributed by atoms with Crippen LogP contribution < -0.4 is 10.6 Å². The highest BCUT2D eigenvalue weighted by atomic mass is 79.9. The first-order valence-corrected chi connectivity index (χ1v) is 9.59. The molecule has 2 aromatic rings. The minimum absolute atomic E-state index is 0.0995. The van der Waals surface area contributed by atoms with Crippen LogP contribution in [-0.4, -0.2) is 37.9 Å². The molecule has 8 nitrogen and oxygen atoms in total. The summed E-state index contributed by atoms with van der Waals surface area (Å²) in [6.45, 7) is 8.07. The third kappa shape index (κ3) is 5.15. The fourth-order valence-electron chi connectivity index (χ4n) is 2.39. The fourth-order valence-corrected chi connectivity index (χ4v) is 2.85. The summed E-state index contributed by atoms with van der Waals surface area (Å²) < 4.78 is 28.8. The second-order valence-corrected chi connectivity index (χ2v) is 7.44. The number of alkyl halides is 2. The number of carbonyl (C=O) groups is 2. The number of halogens is 3. The first kappa shape index (κ1) is 22.0. The predicted octanol–water partition coefficient (Wildman–Crippen LogP) is 3.13. The molecule has 0 atom stereocenters. The van der Waals surface area contributed by atoms with Gasteiger partial charge in [0.2, 0.25) is 5.91 Å². The van der Waals surface area contributed by atoms with Crippen molar-refractivity contribution in [3.63, 3.8) is 0 Å². The van der Waals surface area contributed by atoms with Crippen molar-refractivity contribution in [3.8, 4) is 0 Å². The molecule has 0 aliphatic carbocycles. The van der Waals surface area contributed by atoms with Crippen molar-refractivity contribution in [1.82, 2.24) is 24.9 Å². The lowest BCUT2D eigenvalue weighted by Crippen LogP contribution is -2.29. The van der Waals surface area contributed by atoms with Gasteiger partial charge in [-0.1, -0.05) is 13.8 Å². The quantitative estimate of drug-likeness (QED) is 0.632. The zero-order valence-electron chi connectivity index (χ0n) is 16.1. The van der Waals surface area contributed by atoms with Crippen molar-refractivity contribution in [2.75, 3.05) is 11.9 Å². The van der Waals surface area contributed by atoms with Crippen LogP contribution in [0, 0.1) is 12.8 Å². The van der Waals surface area contributed by atoms with Crippen LogP contribution in [0.15, 0.2) is 10.7 Å². The van der Waals surface area contributed by atoms with E-state index in [-0.39, 0.29) is 28.3 Å². The monoisotopic (exact) mass is 460 g/mol. The number of nitrogens with zero attached hydrogens (tertiary/aromatic N) is 4. The number of hydrogen-bond donors (Lipinski definition) is 2. The van der Waals surface area contributed by atoms with E-state index in [1.807, 2.05) is 20.8 Å². The molecule has 11 heteroatoms. The molecule has 0 unspecified atom stereocenters. The molecule has 0 saturated carbocycles. The highest BCUT2D eigenvalue weighted by Gasteiger charge is 2.23. The molecule has 2 N–H and O–H groups in total. The zero-order chi connectivity index (χ0) is 21.0. The molecule has 0 aliphatic heterocycles. The van der Waals surface area contributed by atoms with Gasteiger partial charge in [0.15, 0.2) is 5.69 Å². The molecule has 2 rings (SSSR count). The first-order chi connectivity index (χ1) is 13.1. The molecule has 0 aliphatic rings. The summed E-state index contributed by atoms with van der Waals surface area (Å²) in [6.07, 6.45) is -1.20. The van der Waals surface area contributed by atoms with Gasteiger partial charge in [-0.25, -0.2) is 8.78 Å². The van der Waals surface area contributed by atoms with Crippen molar-refractivity contribution < 1.29 is 18.4 Å². The number of aromatic nitrogens is 4. The number of amides is 2. The predicted molar refractivity (Wildman–Crippen MR) is 103 cm³/mol.